The molecule has 0 radical (unpaired) electrons. The lowest BCUT2D eigenvalue weighted by Crippen LogP contribution is -2.22. The van der Waals surface area contributed by atoms with Gasteiger partial charge in [0.2, 0.25) is 0 Å². The average Bonchev–Trinajstić information content (AvgIpc) is 2.51. The van der Waals surface area contributed by atoms with Crippen LogP contribution in [0.4, 0.5) is 0 Å². The predicted octanol–water partition coefficient (Wildman–Crippen LogP) is 1.88. The molecule has 0 amide bonds. The van der Waals surface area contributed by atoms with E-state index in [0.29, 0.717) is 5.92 Å². The van der Waals surface area contributed by atoms with Crippen LogP contribution in [0.2, 0.25) is 0 Å². The smallest absolute Gasteiger partial charge is 0.200 e. The van der Waals surface area contributed by atoms with Gasteiger partial charge in [-0.05, 0) is 24.7 Å². The zero-order chi connectivity index (χ0) is 9.80. The van der Waals surface area contributed by atoms with Gasteiger partial charge in [0.25, 0.3) is 0 Å². The van der Waals surface area contributed by atoms with Crippen molar-refractivity contribution in [2.45, 2.75) is 32.4 Å². The molecular weight excluding hydrogens is 184 g/mol. The molecule has 1 saturated carbocycles. The number of rotatable bonds is 1. The molecule has 3 heteroatoms. The Hall–Kier alpha value is -0.310. The molecule has 2 rings (SSSR count). The fourth-order valence-electron chi connectivity index (χ4n) is 2.11. The number of Topliss-reactive ketones (excluding diaryl/α,β-unsaturated/α-hetero) is 1. The molecule has 3 atom stereocenters. The summed E-state index contributed by atoms with van der Waals surface area (Å²) in [5.41, 5.74) is 0.223. The third-order valence-corrected chi connectivity index (χ3v) is 4.32. The summed E-state index contributed by atoms with van der Waals surface area (Å²) in [5, 5.41) is 0.00183. The van der Waals surface area contributed by atoms with Crippen molar-refractivity contribution in [3.05, 3.63) is 0 Å². The van der Waals surface area contributed by atoms with Crippen LogP contribution in [0.25, 0.3) is 0 Å². The van der Waals surface area contributed by atoms with E-state index < -0.39 is 0 Å². The highest BCUT2D eigenvalue weighted by molar-refractivity contribution is 8.15. The van der Waals surface area contributed by atoms with E-state index >= 15 is 0 Å². The third kappa shape index (κ3) is 1.33. The highest BCUT2D eigenvalue weighted by atomic mass is 32.2. The van der Waals surface area contributed by atoms with E-state index in [1.807, 2.05) is 6.92 Å². The fraction of sp³-hybridized carbons (Fsp3) is 0.800. The second-order valence-corrected chi connectivity index (χ2v) is 6.10. The van der Waals surface area contributed by atoms with Crippen LogP contribution in [0.3, 0.4) is 0 Å². The molecule has 2 fully saturated rings. The highest BCUT2D eigenvalue weighted by Crippen LogP contribution is 2.58. The van der Waals surface area contributed by atoms with Gasteiger partial charge in [0, 0.05) is 0 Å². The largest absolute Gasteiger partial charge is 0.298 e. The molecule has 3 unspecified atom stereocenters. The number of hydrogen-bond acceptors (Lipinski definition) is 3. The lowest BCUT2D eigenvalue weighted by Gasteiger charge is -2.07. The average molecular weight is 198 g/mol. The van der Waals surface area contributed by atoms with Gasteiger partial charge in [-0.3, -0.25) is 9.59 Å². The van der Waals surface area contributed by atoms with E-state index in [1.165, 1.54) is 11.8 Å². The van der Waals surface area contributed by atoms with Gasteiger partial charge in [-0.25, -0.2) is 0 Å². The number of ketones is 1. The molecule has 0 spiro atoms. The van der Waals surface area contributed by atoms with Gasteiger partial charge < -0.3 is 0 Å². The zero-order valence-corrected chi connectivity index (χ0v) is 8.98. The maximum atomic E-state index is 11.6. The van der Waals surface area contributed by atoms with Crippen molar-refractivity contribution in [1.29, 1.82) is 0 Å². The fourth-order valence-corrected chi connectivity index (χ4v) is 3.15. The lowest BCUT2D eigenvalue weighted by atomic mass is 9.93. The van der Waals surface area contributed by atoms with Gasteiger partial charge in [-0.1, -0.05) is 25.6 Å². The lowest BCUT2D eigenvalue weighted by molar-refractivity contribution is -0.127. The van der Waals surface area contributed by atoms with Crippen molar-refractivity contribution in [1.82, 2.24) is 0 Å². The van der Waals surface area contributed by atoms with Crippen LogP contribution in [-0.4, -0.2) is 16.1 Å². The molecule has 2 nitrogen and oxygen atoms in total. The standard InChI is InChI=1S/C10H14O2S/c1-5-8(11)7(9(12)13-5)6-4-10(6,2)3/h5-7H,4H2,1-3H3. The van der Waals surface area contributed by atoms with Crippen molar-refractivity contribution in [3.63, 3.8) is 0 Å². The molecule has 0 bridgehead atoms. The molecule has 1 saturated heterocycles. The maximum Gasteiger partial charge on any atom is 0.200 e. The quantitative estimate of drug-likeness (QED) is 0.603. The van der Waals surface area contributed by atoms with Gasteiger partial charge in [0.15, 0.2) is 10.9 Å². The summed E-state index contributed by atoms with van der Waals surface area (Å²) < 4.78 is 0. The van der Waals surface area contributed by atoms with Crippen LogP contribution in [0.1, 0.15) is 27.2 Å². The Morgan fingerprint density at radius 2 is 1.92 bits per heavy atom. The summed E-state index contributed by atoms with van der Waals surface area (Å²) >= 11 is 1.22. The number of carbonyl (C=O) groups is 2. The summed E-state index contributed by atoms with van der Waals surface area (Å²) in [6.07, 6.45) is 1.03. The Bertz CT molecular complexity index is 283. The van der Waals surface area contributed by atoms with Gasteiger partial charge in [-0.15, -0.1) is 0 Å². The Labute approximate surface area is 82.5 Å². The minimum atomic E-state index is -0.282. The van der Waals surface area contributed by atoms with Crippen molar-refractivity contribution in [2.75, 3.05) is 0 Å². The molecule has 1 aliphatic carbocycles. The van der Waals surface area contributed by atoms with Gasteiger partial charge in [-0.2, -0.15) is 0 Å². The summed E-state index contributed by atoms with van der Waals surface area (Å²) in [6.45, 7) is 6.10. The molecule has 2 aliphatic rings. The monoisotopic (exact) mass is 198 g/mol. The third-order valence-electron chi connectivity index (χ3n) is 3.25. The zero-order valence-electron chi connectivity index (χ0n) is 8.16. The first kappa shape index (κ1) is 9.25. The normalized spacial score (nSPS) is 42.5. The SMILES string of the molecule is CC1SC(=O)C(C2CC2(C)C)C1=O. The Balaban J connectivity index is 2.17. The first-order valence-electron chi connectivity index (χ1n) is 4.68. The Morgan fingerprint density at radius 1 is 1.38 bits per heavy atom. The Morgan fingerprint density at radius 3 is 2.23 bits per heavy atom. The van der Waals surface area contributed by atoms with Gasteiger partial charge >= 0.3 is 0 Å². The van der Waals surface area contributed by atoms with Crippen molar-refractivity contribution in [3.8, 4) is 0 Å². The first-order chi connectivity index (χ1) is 5.93. The van der Waals surface area contributed by atoms with Crippen molar-refractivity contribution in [2.24, 2.45) is 17.3 Å². The van der Waals surface area contributed by atoms with Crippen LogP contribution in [0.15, 0.2) is 0 Å². The molecule has 0 N–H and O–H groups in total. The van der Waals surface area contributed by atoms with Gasteiger partial charge in [0.1, 0.15) is 0 Å². The summed E-state index contributed by atoms with van der Waals surface area (Å²) in [5.74, 6) is 0.200. The second-order valence-electron chi connectivity index (χ2n) is 4.76. The second kappa shape index (κ2) is 2.59. The molecule has 13 heavy (non-hydrogen) atoms. The molecule has 0 aromatic carbocycles. The van der Waals surface area contributed by atoms with Gasteiger partial charge in [0.05, 0.1) is 11.2 Å². The van der Waals surface area contributed by atoms with Crippen LogP contribution < -0.4 is 0 Å². The minimum absolute atomic E-state index is 0.103. The highest BCUT2D eigenvalue weighted by Gasteiger charge is 2.57. The molecule has 1 heterocycles. The number of hydrogen-bond donors (Lipinski definition) is 0. The summed E-state index contributed by atoms with van der Waals surface area (Å²) in [7, 11) is 0. The van der Waals surface area contributed by atoms with E-state index in [1.54, 1.807) is 0 Å². The van der Waals surface area contributed by atoms with Crippen LogP contribution in [-0.2, 0) is 9.59 Å². The molecule has 72 valence electrons. The summed E-state index contributed by atoms with van der Waals surface area (Å²) in [6, 6.07) is 0. The van der Waals surface area contributed by atoms with Crippen LogP contribution >= 0.6 is 11.8 Å². The molecule has 1 aliphatic heterocycles. The van der Waals surface area contributed by atoms with E-state index in [0.717, 1.165) is 6.42 Å². The van der Waals surface area contributed by atoms with E-state index in [2.05, 4.69) is 13.8 Å². The topological polar surface area (TPSA) is 34.1 Å². The predicted molar refractivity (Wildman–Crippen MR) is 52.4 cm³/mol. The van der Waals surface area contributed by atoms with Crippen molar-refractivity contribution < 1.29 is 9.59 Å². The molecular formula is C10H14O2S. The number of carbonyl (C=O) groups excluding carboxylic acids is 2. The van der Waals surface area contributed by atoms with Crippen molar-refractivity contribution >= 4 is 22.7 Å². The summed E-state index contributed by atoms with van der Waals surface area (Å²) in [4.78, 5) is 23.1. The van der Waals surface area contributed by atoms with Crippen LogP contribution in [0, 0.1) is 17.3 Å². The van der Waals surface area contributed by atoms with E-state index in [9.17, 15) is 9.59 Å². The van der Waals surface area contributed by atoms with E-state index in [-0.39, 0.29) is 27.5 Å². The maximum absolute atomic E-state index is 11.6. The molecule has 0 aromatic heterocycles. The Kier molecular flexibility index (Phi) is 1.85. The first-order valence-corrected chi connectivity index (χ1v) is 5.55. The van der Waals surface area contributed by atoms with Crippen LogP contribution in [0.5, 0.6) is 0 Å². The number of thioether (sulfide) groups is 1. The van der Waals surface area contributed by atoms with E-state index in [4.69, 9.17) is 0 Å². The molecule has 0 aromatic rings. The minimum Gasteiger partial charge on any atom is -0.298 e.